The molecule has 0 aliphatic carbocycles. The van der Waals surface area contributed by atoms with Crippen LogP contribution in [0.5, 0.6) is 0 Å². The van der Waals surface area contributed by atoms with Crippen molar-refractivity contribution < 1.29 is 0 Å². The Kier molecular flexibility index (Phi) is 3.70. The molecule has 1 rings (SSSR count). The van der Waals surface area contributed by atoms with Crippen molar-refractivity contribution in [3.63, 3.8) is 0 Å². The summed E-state index contributed by atoms with van der Waals surface area (Å²) in [6.07, 6.45) is 2.24. The van der Waals surface area contributed by atoms with Gasteiger partial charge in [-0.1, -0.05) is 57.5 Å². The van der Waals surface area contributed by atoms with Gasteiger partial charge in [0.1, 0.15) is 0 Å². The summed E-state index contributed by atoms with van der Waals surface area (Å²) in [6.45, 7) is 6.63. The largest absolute Gasteiger partial charge is 0.327 e. The molecule has 0 fully saturated rings. The highest BCUT2D eigenvalue weighted by Crippen LogP contribution is 2.27. The minimum absolute atomic E-state index is 0.0806. The predicted octanol–water partition coefficient (Wildman–Crippen LogP) is 3.09. The fourth-order valence-corrected chi connectivity index (χ4v) is 1.75. The average Bonchev–Trinajstić information content (AvgIpc) is 2.19. The molecule has 1 atom stereocenters. The zero-order valence-corrected chi connectivity index (χ0v) is 9.46. The molecule has 0 radical (unpaired) electrons. The highest BCUT2D eigenvalue weighted by molar-refractivity contribution is 5.25. The van der Waals surface area contributed by atoms with Crippen LogP contribution >= 0.6 is 0 Å². The maximum Gasteiger partial charge on any atom is 0.0131 e. The van der Waals surface area contributed by atoms with E-state index in [1.165, 1.54) is 5.56 Å². The van der Waals surface area contributed by atoms with Gasteiger partial charge in [-0.15, -0.1) is 0 Å². The van der Waals surface area contributed by atoms with Crippen LogP contribution in [0.15, 0.2) is 30.3 Å². The Labute approximate surface area is 87.3 Å². The van der Waals surface area contributed by atoms with E-state index in [0.29, 0.717) is 0 Å². The van der Waals surface area contributed by atoms with E-state index in [0.717, 1.165) is 12.8 Å². The van der Waals surface area contributed by atoms with Crippen LogP contribution in [0.25, 0.3) is 0 Å². The predicted molar refractivity (Wildman–Crippen MR) is 62.4 cm³/mol. The van der Waals surface area contributed by atoms with E-state index in [9.17, 15) is 0 Å². The second-order valence-corrected chi connectivity index (χ2v) is 4.48. The highest BCUT2D eigenvalue weighted by Gasteiger charge is 2.27. The Morgan fingerprint density at radius 2 is 1.79 bits per heavy atom. The quantitative estimate of drug-likeness (QED) is 0.777. The summed E-state index contributed by atoms with van der Waals surface area (Å²) >= 11 is 0. The molecule has 0 aromatic heterocycles. The first-order valence-electron chi connectivity index (χ1n) is 5.40. The van der Waals surface area contributed by atoms with E-state index in [-0.39, 0.29) is 11.5 Å². The van der Waals surface area contributed by atoms with E-state index in [4.69, 9.17) is 5.73 Å². The summed E-state index contributed by atoms with van der Waals surface area (Å²) < 4.78 is 0. The molecule has 2 N–H and O–H groups in total. The first kappa shape index (κ1) is 11.3. The summed E-state index contributed by atoms with van der Waals surface area (Å²) in [6, 6.07) is 10.8. The molecule has 0 spiro atoms. The maximum absolute atomic E-state index is 6.19. The summed E-state index contributed by atoms with van der Waals surface area (Å²) in [5.74, 6) is 0. The molecule has 1 aromatic rings. The number of nitrogens with two attached hydrogens (primary N) is 1. The lowest BCUT2D eigenvalue weighted by atomic mass is 9.76. The number of benzene rings is 1. The van der Waals surface area contributed by atoms with E-state index in [1.54, 1.807) is 0 Å². The molecule has 0 saturated carbocycles. The van der Waals surface area contributed by atoms with E-state index in [1.807, 2.05) is 6.07 Å². The molecule has 78 valence electrons. The minimum Gasteiger partial charge on any atom is -0.327 e. The summed E-state index contributed by atoms with van der Waals surface area (Å²) in [7, 11) is 0. The normalized spacial score (nSPS) is 14.0. The molecule has 1 aromatic carbocycles. The Balaban J connectivity index is 2.84. The average molecular weight is 191 g/mol. The Bertz CT molecular complexity index is 264. The van der Waals surface area contributed by atoms with Gasteiger partial charge in [-0.3, -0.25) is 0 Å². The number of hydrogen-bond acceptors (Lipinski definition) is 1. The standard InChI is InChI=1S/C13H21N/c1-4-8-12(14)13(2,3)11-9-6-5-7-10-11/h5-7,9-10,12H,4,8,14H2,1-3H3/t12-/m1/s1. The monoisotopic (exact) mass is 191 g/mol. The Hall–Kier alpha value is -0.820. The van der Waals surface area contributed by atoms with E-state index in [2.05, 4.69) is 45.0 Å². The van der Waals surface area contributed by atoms with E-state index >= 15 is 0 Å². The Morgan fingerprint density at radius 3 is 2.29 bits per heavy atom. The van der Waals surface area contributed by atoms with Crippen LogP contribution in [0.3, 0.4) is 0 Å². The van der Waals surface area contributed by atoms with Crippen LogP contribution in [0.1, 0.15) is 39.2 Å². The van der Waals surface area contributed by atoms with Crippen molar-refractivity contribution in [2.45, 2.75) is 45.1 Å². The smallest absolute Gasteiger partial charge is 0.0131 e. The molecular formula is C13H21N. The van der Waals surface area contributed by atoms with Crippen molar-refractivity contribution in [2.24, 2.45) is 5.73 Å². The topological polar surface area (TPSA) is 26.0 Å². The van der Waals surface area contributed by atoms with Gasteiger partial charge in [0.15, 0.2) is 0 Å². The fourth-order valence-electron chi connectivity index (χ4n) is 1.75. The van der Waals surface area contributed by atoms with Gasteiger partial charge in [0.25, 0.3) is 0 Å². The maximum atomic E-state index is 6.19. The molecule has 0 bridgehead atoms. The van der Waals surface area contributed by atoms with Crippen molar-refractivity contribution >= 4 is 0 Å². The first-order valence-corrected chi connectivity index (χ1v) is 5.40. The SMILES string of the molecule is CCC[C@@H](N)C(C)(C)c1ccccc1. The highest BCUT2D eigenvalue weighted by atomic mass is 14.7. The fraction of sp³-hybridized carbons (Fsp3) is 0.538. The summed E-state index contributed by atoms with van der Waals surface area (Å²) in [5, 5.41) is 0. The number of rotatable bonds is 4. The van der Waals surface area contributed by atoms with Gasteiger partial charge in [-0.2, -0.15) is 0 Å². The van der Waals surface area contributed by atoms with Crippen molar-refractivity contribution in [1.29, 1.82) is 0 Å². The molecule has 0 unspecified atom stereocenters. The van der Waals surface area contributed by atoms with Crippen molar-refractivity contribution in [1.82, 2.24) is 0 Å². The van der Waals surface area contributed by atoms with Crippen molar-refractivity contribution in [3.05, 3.63) is 35.9 Å². The third kappa shape index (κ3) is 2.36. The minimum atomic E-state index is 0.0806. The zero-order chi connectivity index (χ0) is 10.6. The second kappa shape index (κ2) is 4.61. The molecule has 0 amide bonds. The summed E-state index contributed by atoms with van der Waals surface area (Å²) in [4.78, 5) is 0. The lowest BCUT2D eigenvalue weighted by molar-refractivity contribution is 0.386. The van der Waals surface area contributed by atoms with Crippen LogP contribution < -0.4 is 5.73 Å². The van der Waals surface area contributed by atoms with Gasteiger partial charge in [-0.25, -0.2) is 0 Å². The lowest BCUT2D eigenvalue weighted by Crippen LogP contribution is -2.40. The zero-order valence-electron chi connectivity index (χ0n) is 9.46. The third-order valence-electron chi connectivity index (χ3n) is 3.04. The molecule has 14 heavy (non-hydrogen) atoms. The van der Waals surface area contributed by atoms with E-state index < -0.39 is 0 Å². The van der Waals surface area contributed by atoms with Gasteiger partial charge in [-0.05, 0) is 12.0 Å². The molecule has 1 heteroatoms. The van der Waals surface area contributed by atoms with Crippen LogP contribution in [-0.4, -0.2) is 6.04 Å². The second-order valence-electron chi connectivity index (χ2n) is 4.48. The van der Waals surface area contributed by atoms with Crippen molar-refractivity contribution in [3.8, 4) is 0 Å². The van der Waals surface area contributed by atoms with Crippen LogP contribution in [-0.2, 0) is 5.41 Å². The molecule has 0 saturated heterocycles. The van der Waals surface area contributed by atoms with Crippen LogP contribution in [0.2, 0.25) is 0 Å². The first-order chi connectivity index (χ1) is 6.59. The summed E-state index contributed by atoms with van der Waals surface area (Å²) in [5.41, 5.74) is 7.61. The van der Waals surface area contributed by atoms with Gasteiger partial charge in [0, 0.05) is 11.5 Å². The van der Waals surface area contributed by atoms with Gasteiger partial charge in [0.05, 0.1) is 0 Å². The molecule has 0 aliphatic rings. The molecule has 1 nitrogen and oxygen atoms in total. The molecule has 0 aliphatic heterocycles. The van der Waals surface area contributed by atoms with Crippen LogP contribution in [0.4, 0.5) is 0 Å². The molecule has 0 heterocycles. The lowest BCUT2D eigenvalue weighted by Gasteiger charge is -2.32. The Morgan fingerprint density at radius 1 is 1.21 bits per heavy atom. The van der Waals surface area contributed by atoms with Gasteiger partial charge >= 0.3 is 0 Å². The number of hydrogen-bond donors (Lipinski definition) is 1. The van der Waals surface area contributed by atoms with Gasteiger partial charge in [0.2, 0.25) is 0 Å². The van der Waals surface area contributed by atoms with Crippen molar-refractivity contribution in [2.75, 3.05) is 0 Å². The van der Waals surface area contributed by atoms with Gasteiger partial charge < -0.3 is 5.73 Å². The molecular weight excluding hydrogens is 170 g/mol. The third-order valence-corrected chi connectivity index (χ3v) is 3.04. The van der Waals surface area contributed by atoms with Crippen LogP contribution in [0, 0.1) is 0 Å².